The minimum Gasteiger partial charge on any atom is -0.373 e. The van der Waals surface area contributed by atoms with E-state index in [-0.39, 0.29) is 5.91 Å². The second-order valence-corrected chi connectivity index (χ2v) is 6.37. The highest BCUT2D eigenvalue weighted by molar-refractivity contribution is 5.99. The monoisotopic (exact) mass is 347 g/mol. The second kappa shape index (κ2) is 7.09. The van der Waals surface area contributed by atoms with Gasteiger partial charge in [-0.1, -0.05) is 18.2 Å². The van der Waals surface area contributed by atoms with Gasteiger partial charge in [0.15, 0.2) is 0 Å². The van der Waals surface area contributed by atoms with Crippen molar-refractivity contribution in [3.05, 3.63) is 65.0 Å². The Morgan fingerprint density at radius 2 is 2.15 bits per heavy atom. The third-order valence-corrected chi connectivity index (χ3v) is 4.81. The van der Waals surface area contributed by atoms with E-state index in [0.717, 1.165) is 36.2 Å². The Kier molecular flexibility index (Phi) is 4.50. The van der Waals surface area contributed by atoms with Crippen LogP contribution in [0.1, 0.15) is 27.0 Å². The van der Waals surface area contributed by atoms with Crippen LogP contribution >= 0.6 is 0 Å². The molecule has 0 aliphatic carbocycles. The van der Waals surface area contributed by atoms with Gasteiger partial charge in [0.2, 0.25) is 0 Å². The van der Waals surface area contributed by atoms with Gasteiger partial charge in [-0.15, -0.1) is 0 Å². The highest BCUT2D eigenvalue weighted by Crippen LogP contribution is 2.21. The van der Waals surface area contributed by atoms with Crippen LogP contribution in [0.3, 0.4) is 0 Å². The summed E-state index contributed by atoms with van der Waals surface area (Å²) in [5.74, 6) is 0.662. The number of nitrogens with zero attached hydrogens (tertiary/aromatic N) is 2. The summed E-state index contributed by atoms with van der Waals surface area (Å²) in [4.78, 5) is 21.1. The summed E-state index contributed by atoms with van der Waals surface area (Å²) in [5, 5.41) is 10.4. The van der Waals surface area contributed by atoms with Crippen molar-refractivity contribution in [1.29, 1.82) is 0 Å². The van der Waals surface area contributed by atoms with Crippen LogP contribution in [-0.2, 0) is 19.5 Å². The van der Waals surface area contributed by atoms with E-state index < -0.39 is 0 Å². The van der Waals surface area contributed by atoms with Crippen molar-refractivity contribution in [1.82, 2.24) is 20.6 Å². The summed E-state index contributed by atoms with van der Waals surface area (Å²) in [5.41, 5.74) is 5.23. The van der Waals surface area contributed by atoms with Crippen molar-refractivity contribution in [2.24, 2.45) is 0 Å². The Bertz CT molecular complexity index is 970. The van der Waals surface area contributed by atoms with Crippen LogP contribution in [0.15, 0.2) is 42.7 Å². The predicted octanol–water partition coefficient (Wildman–Crippen LogP) is 2.25. The van der Waals surface area contributed by atoms with Gasteiger partial charge in [-0.05, 0) is 47.9 Å². The van der Waals surface area contributed by atoms with Crippen molar-refractivity contribution in [2.75, 3.05) is 18.9 Å². The van der Waals surface area contributed by atoms with Gasteiger partial charge in [0.1, 0.15) is 12.1 Å². The summed E-state index contributed by atoms with van der Waals surface area (Å²) in [6.07, 6.45) is 2.50. The maximum Gasteiger partial charge on any atom is 0.251 e. The number of anilines is 1. The van der Waals surface area contributed by atoms with E-state index in [1.807, 2.05) is 19.2 Å². The normalized spacial score (nSPS) is 13.3. The number of nitrogens with one attached hydrogen (secondary N) is 3. The van der Waals surface area contributed by atoms with Gasteiger partial charge in [-0.2, -0.15) is 0 Å². The fourth-order valence-electron chi connectivity index (χ4n) is 3.45. The van der Waals surface area contributed by atoms with Gasteiger partial charge < -0.3 is 16.0 Å². The molecule has 26 heavy (non-hydrogen) atoms. The maximum atomic E-state index is 12.6. The predicted molar refractivity (Wildman–Crippen MR) is 102 cm³/mol. The highest BCUT2D eigenvalue weighted by Gasteiger charge is 2.14. The number of carbonyl (C=O) groups excluding carboxylic acids is 1. The molecule has 0 radical (unpaired) electrons. The average molecular weight is 347 g/mol. The summed E-state index contributed by atoms with van der Waals surface area (Å²) in [6.45, 7) is 2.41. The van der Waals surface area contributed by atoms with E-state index >= 15 is 0 Å². The standard InChI is InChI=1S/C20H21N5O/c1-21-19-17-6-5-13(9-18(17)24-12-25-19)20(26)23-11-15-4-2-3-14-10-22-8-7-16(14)15/h2-6,9,12,22H,7-8,10-11H2,1H3,(H,23,26)(H,21,24,25). The van der Waals surface area contributed by atoms with E-state index in [1.54, 1.807) is 6.07 Å². The lowest BCUT2D eigenvalue weighted by atomic mass is 9.95. The Balaban J connectivity index is 1.53. The fraction of sp³-hybridized carbons (Fsp3) is 0.250. The van der Waals surface area contributed by atoms with Crippen LogP contribution in [-0.4, -0.2) is 29.5 Å². The van der Waals surface area contributed by atoms with E-state index in [2.05, 4.69) is 44.1 Å². The van der Waals surface area contributed by atoms with E-state index in [1.165, 1.54) is 23.0 Å². The molecule has 0 spiro atoms. The summed E-state index contributed by atoms with van der Waals surface area (Å²) < 4.78 is 0. The van der Waals surface area contributed by atoms with Crippen LogP contribution < -0.4 is 16.0 Å². The van der Waals surface area contributed by atoms with Crippen molar-refractivity contribution >= 4 is 22.6 Å². The van der Waals surface area contributed by atoms with Crippen molar-refractivity contribution in [3.63, 3.8) is 0 Å². The molecule has 0 saturated carbocycles. The molecular formula is C20H21N5O. The first-order valence-corrected chi connectivity index (χ1v) is 8.77. The molecule has 0 bridgehead atoms. The lowest BCUT2D eigenvalue weighted by Crippen LogP contribution is -2.27. The molecule has 0 unspecified atom stereocenters. The lowest BCUT2D eigenvalue weighted by molar-refractivity contribution is 0.0951. The number of benzene rings is 2. The Morgan fingerprint density at radius 3 is 3.04 bits per heavy atom. The number of carbonyl (C=O) groups is 1. The fourth-order valence-corrected chi connectivity index (χ4v) is 3.45. The zero-order valence-electron chi connectivity index (χ0n) is 14.7. The average Bonchev–Trinajstić information content (AvgIpc) is 2.71. The van der Waals surface area contributed by atoms with Crippen LogP contribution in [0.5, 0.6) is 0 Å². The molecule has 2 aromatic carbocycles. The van der Waals surface area contributed by atoms with Crippen molar-refractivity contribution < 1.29 is 4.79 Å². The topological polar surface area (TPSA) is 78.9 Å². The van der Waals surface area contributed by atoms with Crippen LogP contribution in [0.4, 0.5) is 5.82 Å². The number of aromatic nitrogens is 2. The smallest absolute Gasteiger partial charge is 0.251 e. The molecule has 3 aromatic rings. The summed E-state index contributed by atoms with van der Waals surface area (Å²) in [7, 11) is 1.82. The molecule has 1 aromatic heterocycles. The largest absolute Gasteiger partial charge is 0.373 e. The molecule has 4 rings (SSSR count). The third kappa shape index (κ3) is 3.11. The molecule has 132 valence electrons. The van der Waals surface area contributed by atoms with Crippen LogP contribution in [0.25, 0.3) is 10.9 Å². The first-order valence-electron chi connectivity index (χ1n) is 8.77. The lowest BCUT2D eigenvalue weighted by Gasteiger charge is -2.20. The molecule has 2 heterocycles. The molecular weight excluding hydrogens is 326 g/mol. The molecule has 0 atom stereocenters. The van der Waals surface area contributed by atoms with Crippen LogP contribution in [0.2, 0.25) is 0 Å². The molecule has 6 heteroatoms. The first-order chi connectivity index (χ1) is 12.8. The van der Waals surface area contributed by atoms with Crippen LogP contribution in [0, 0.1) is 0 Å². The number of fused-ring (bicyclic) bond motifs is 2. The summed E-state index contributed by atoms with van der Waals surface area (Å²) in [6, 6.07) is 11.8. The minimum absolute atomic E-state index is 0.0944. The van der Waals surface area contributed by atoms with Gasteiger partial charge in [0.25, 0.3) is 5.91 Å². The zero-order valence-corrected chi connectivity index (χ0v) is 14.7. The number of rotatable bonds is 4. The highest BCUT2D eigenvalue weighted by atomic mass is 16.1. The van der Waals surface area contributed by atoms with E-state index in [0.29, 0.717) is 12.1 Å². The molecule has 3 N–H and O–H groups in total. The maximum absolute atomic E-state index is 12.6. The Hall–Kier alpha value is -2.99. The second-order valence-electron chi connectivity index (χ2n) is 6.37. The quantitative estimate of drug-likeness (QED) is 0.675. The molecule has 0 fully saturated rings. The van der Waals surface area contributed by atoms with Gasteiger partial charge in [-0.25, -0.2) is 9.97 Å². The Morgan fingerprint density at radius 1 is 1.23 bits per heavy atom. The number of hydrogen-bond acceptors (Lipinski definition) is 5. The molecule has 6 nitrogen and oxygen atoms in total. The number of hydrogen-bond donors (Lipinski definition) is 3. The molecule has 1 aliphatic rings. The number of amides is 1. The van der Waals surface area contributed by atoms with Gasteiger partial charge in [0, 0.05) is 31.1 Å². The first kappa shape index (κ1) is 16.5. The van der Waals surface area contributed by atoms with Gasteiger partial charge in [-0.3, -0.25) is 4.79 Å². The van der Waals surface area contributed by atoms with E-state index in [4.69, 9.17) is 0 Å². The third-order valence-electron chi connectivity index (χ3n) is 4.81. The van der Waals surface area contributed by atoms with Crippen molar-refractivity contribution in [3.8, 4) is 0 Å². The van der Waals surface area contributed by atoms with E-state index in [9.17, 15) is 4.79 Å². The summed E-state index contributed by atoms with van der Waals surface area (Å²) >= 11 is 0. The van der Waals surface area contributed by atoms with Gasteiger partial charge >= 0.3 is 0 Å². The minimum atomic E-state index is -0.0944. The Labute approximate surface area is 152 Å². The molecule has 1 amide bonds. The molecule has 0 saturated heterocycles. The molecule has 1 aliphatic heterocycles. The zero-order chi connectivity index (χ0) is 17.9. The van der Waals surface area contributed by atoms with Crippen molar-refractivity contribution in [2.45, 2.75) is 19.5 Å². The SMILES string of the molecule is CNc1ncnc2cc(C(=O)NCc3cccc4c3CCNC4)ccc12. The van der Waals surface area contributed by atoms with Gasteiger partial charge in [0.05, 0.1) is 5.52 Å².